The molecule has 1 aromatic rings. The molecule has 0 amide bonds. The molecule has 0 saturated carbocycles. The van der Waals surface area contributed by atoms with Gasteiger partial charge in [0.05, 0.1) is 0 Å². The molecule has 20 heavy (non-hydrogen) atoms. The van der Waals surface area contributed by atoms with Gasteiger partial charge in [-0.15, -0.1) is 0 Å². The average molecular weight is 292 g/mol. The second-order valence-electron chi connectivity index (χ2n) is 6.97. The van der Waals surface area contributed by atoms with Crippen molar-refractivity contribution in [3.05, 3.63) is 35.9 Å². The number of benzene rings is 1. The van der Waals surface area contributed by atoms with Crippen LogP contribution in [0.5, 0.6) is 0 Å². The molecule has 1 rings (SSSR count). The molecule has 0 saturated heterocycles. The van der Waals surface area contributed by atoms with Gasteiger partial charge in [0.1, 0.15) is 6.10 Å². The third-order valence-corrected chi connectivity index (χ3v) is 8.79. The van der Waals surface area contributed by atoms with E-state index in [4.69, 9.17) is 4.43 Å². The average Bonchev–Trinajstić information content (AvgIpc) is 2.35. The monoisotopic (exact) mass is 292 g/mol. The standard InChI is InChI=1S/C17H28O2Si/c1-14(19-20(5,6)17(2,3)4)16(18)13-12-15-10-8-7-9-11-15/h7-11,14H,12-13H2,1-6H3/t14-/m0/s1. The molecule has 3 heteroatoms. The molecule has 0 heterocycles. The van der Waals surface area contributed by atoms with Crippen LogP contribution in [0.15, 0.2) is 30.3 Å². The van der Waals surface area contributed by atoms with E-state index in [1.54, 1.807) is 0 Å². The number of aryl methyl sites for hydroxylation is 1. The first kappa shape index (κ1) is 17.1. The topological polar surface area (TPSA) is 26.3 Å². The Morgan fingerprint density at radius 1 is 1.20 bits per heavy atom. The fraction of sp³-hybridized carbons (Fsp3) is 0.588. The summed E-state index contributed by atoms with van der Waals surface area (Å²) in [5.41, 5.74) is 1.21. The number of rotatable bonds is 6. The number of Topliss-reactive ketones (excluding diaryl/α,β-unsaturated/α-hetero) is 1. The fourth-order valence-electron chi connectivity index (χ4n) is 1.80. The van der Waals surface area contributed by atoms with E-state index in [2.05, 4.69) is 46.0 Å². The Labute approximate surface area is 124 Å². The summed E-state index contributed by atoms with van der Waals surface area (Å²) in [5, 5.41) is 0.140. The van der Waals surface area contributed by atoms with Gasteiger partial charge in [-0.1, -0.05) is 51.1 Å². The Bertz CT molecular complexity index is 432. The number of hydrogen-bond donors (Lipinski definition) is 0. The van der Waals surface area contributed by atoms with E-state index in [0.29, 0.717) is 6.42 Å². The highest BCUT2D eigenvalue weighted by atomic mass is 28.4. The highest BCUT2D eigenvalue weighted by molar-refractivity contribution is 6.74. The van der Waals surface area contributed by atoms with Crippen LogP contribution < -0.4 is 0 Å². The zero-order chi connectivity index (χ0) is 15.4. The van der Waals surface area contributed by atoms with Gasteiger partial charge in [-0.05, 0) is 37.0 Å². The van der Waals surface area contributed by atoms with Crippen molar-refractivity contribution in [2.24, 2.45) is 0 Å². The van der Waals surface area contributed by atoms with E-state index in [1.165, 1.54) is 5.56 Å². The largest absolute Gasteiger partial charge is 0.407 e. The first-order valence-electron chi connectivity index (χ1n) is 7.38. The Kier molecular flexibility index (Phi) is 5.72. The maximum atomic E-state index is 12.2. The molecular formula is C17H28O2Si. The van der Waals surface area contributed by atoms with Gasteiger partial charge < -0.3 is 4.43 Å². The summed E-state index contributed by atoms with van der Waals surface area (Å²) < 4.78 is 6.14. The van der Waals surface area contributed by atoms with Crippen LogP contribution in [0, 0.1) is 0 Å². The number of carbonyl (C=O) groups is 1. The van der Waals surface area contributed by atoms with Gasteiger partial charge in [-0.2, -0.15) is 0 Å². The Balaban J connectivity index is 2.52. The van der Waals surface area contributed by atoms with E-state index < -0.39 is 8.32 Å². The fourth-order valence-corrected chi connectivity index (χ4v) is 3.17. The Hall–Kier alpha value is -0.933. The van der Waals surface area contributed by atoms with Crippen LogP contribution in [-0.4, -0.2) is 20.2 Å². The van der Waals surface area contributed by atoms with Crippen molar-refractivity contribution in [1.29, 1.82) is 0 Å². The molecule has 0 spiro atoms. The molecule has 0 unspecified atom stereocenters. The van der Waals surface area contributed by atoms with Crippen LogP contribution in [0.4, 0.5) is 0 Å². The molecule has 0 bridgehead atoms. The molecule has 2 nitrogen and oxygen atoms in total. The first-order valence-corrected chi connectivity index (χ1v) is 10.3. The van der Waals surface area contributed by atoms with Crippen molar-refractivity contribution in [3.63, 3.8) is 0 Å². The van der Waals surface area contributed by atoms with Crippen LogP contribution in [0.3, 0.4) is 0 Å². The number of ketones is 1. The zero-order valence-electron chi connectivity index (χ0n) is 13.7. The molecule has 0 aliphatic rings. The first-order chi connectivity index (χ1) is 9.13. The van der Waals surface area contributed by atoms with Gasteiger partial charge in [-0.3, -0.25) is 4.79 Å². The summed E-state index contributed by atoms with van der Waals surface area (Å²) >= 11 is 0. The van der Waals surface area contributed by atoms with E-state index >= 15 is 0 Å². The normalized spacial score (nSPS) is 14.1. The highest BCUT2D eigenvalue weighted by Gasteiger charge is 2.39. The molecule has 0 aliphatic heterocycles. The van der Waals surface area contributed by atoms with Crippen molar-refractivity contribution in [3.8, 4) is 0 Å². The van der Waals surface area contributed by atoms with Crippen LogP contribution in [0.25, 0.3) is 0 Å². The molecular weight excluding hydrogens is 264 g/mol. The predicted octanol–water partition coefficient (Wildman–Crippen LogP) is 4.60. The predicted molar refractivity (Wildman–Crippen MR) is 87.5 cm³/mol. The third-order valence-electron chi connectivity index (χ3n) is 4.23. The van der Waals surface area contributed by atoms with Gasteiger partial charge in [0, 0.05) is 6.42 Å². The summed E-state index contributed by atoms with van der Waals surface area (Å²) in [6.07, 6.45) is 1.06. The maximum Gasteiger partial charge on any atom is 0.193 e. The summed E-state index contributed by atoms with van der Waals surface area (Å²) in [5.74, 6) is 0.207. The van der Waals surface area contributed by atoms with Gasteiger partial charge in [0.15, 0.2) is 14.1 Å². The lowest BCUT2D eigenvalue weighted by Crippen LogP contribution is -2.45. The second-order valence-corrected chi connectivity index (χ2v) is 11.7. The summed E-state index contributed by atoms with van der Waals surface area (Å²) in [6, 6.07) is 10.1. The van der Waals surface area contributed by atoms with E-state index in [0.717, 1.165) is 6.42 Å². The van der Waals surface area contributed by atoms with E-state index in [1.807, 2.05) is 25.1 Å². The van der Waals surface area contributed by atoms with Gasteiger partial charge >= 0.3 is 0 Å². The van der Waals surface area contributed by atoms with Crippen molar-refractivity contribution >= 4 is 14.1 Å². The molecule has 0 radical (unpaired) electrons. The molecule has 1 atom stereocenters. The molecule has 112 valence electrons. The maximum absolute atomic E-state index is 12.2. The minimum Gasteiger partial charge on any atom is -0.407 e. The summed E-state index contributed by atoms with van der Waals surface area (Å²) in [4.78, 5) is 12.2. The zero-order valence-corrected chi connectivity index (χ0v) is 14.7. The molecule has 0 aromatic heterocycles. The van der Waals surface area contributed by atoms with Crippen molar-refractivity contribution in [1.82, 2.24) is 0 Å². The lowest BCUT2D eigenvalue weighted by molar-refractivity contribution is -0.125. The van der Waals surface area contributed by atoms with Gasteiger partial charge in [-0.25, -0.2) is 0 Å². The van der Waals surface area contributed by atoms with Crippen LogP contribution >= 0.6 is 0 Å². The molecule has 1 aromatic carbocycles. The smallest absolute Gasteiger partial charge is 0.193 e. The Morgan fingerprint density at radius 2 is 1.75 bits per heavy atom. The highest BCUT2D eigenvalue weighted by Crippen LogP contribution is 2.37. The minimum absolute atomic E-state index is 0.140. The van der Waals surface area contributed by atoms with Crippen molar-refractivity contribution < 1.29 is 9.22 Å². The molecule has 0 fully saturated rings. The number of hydrogen-bond acceptors (Lipinski definition) is 2. The van der Waals surface area contributed by atoms with Crippen molar-refractivity contribution in [2.45, 2.75) is 64.8 Å². The SMILES string of the molecule is C[C@H](O[Si](C)(C)C(C)(C)C)C(=O)CCc1ccccc1. The van der Waals surface area contributed by atoms with Crippen molar-refractivity contribution in [2.75, 3.05) is 0 Å². The van der Waals surface area contributed by atoms with Gasteiger partial charge in [0.2, 0.25) is 0 Å². The molecule has 0 aliphatic carbocycles. The minimum atomic E-state index is -1.86. The van der Waals surface area contributed by atoms with E-state index in [-0.39, 0.29) is 16.9 Å². The lowest BCUT2D eigenvalue weighted by Gasteiger charge is -2.38. The van der Waals surface area contributed by atoms with Crippen LogP contribution in [-0.2, 0) is 15.6 Å². The Morgan fingerprint density at radius 3 is 2.25 bits per heavy atom. The second kappa shape index (κ2) is 6.68. The lowest BCUT2D eigenvalue weighted by atomic mass is 10.1. The van der Waals surface area contributed by atoms with Crippen LogP contribution in [0.2, 0.25) is 18.1 Å². The van der Waals surface area contributed by atoms with Crippen LogP contribution in [0.1, 0.15) is 39.7 Å². The van der Waals surface area contributed by atoms with Gasteiger partial charge in [0.25, 0.3) is 0 Å². The third kappa shape index (κ3) is 4.87. The summed E-state index contributed by atoms with van der Waals surface area (Å²) in [6.45, 7) is 12.9. The number of carbonyl (C=O) groups excluding carboxylic acids is 1. The molecule has 0 N–H and O–H groups in total. The summed E-state index contributed by atoms with van der Waals surface area (Å²) in [7, 11) is -1.86. The quantitative estimate of drug-likeness (QED) is 0.716. The van der Waals surface area contributed by atoms with E-state index in [9.17, 15) is 4.79 Å².